The third-order valence-corrected chi connectivity index (χ3v) is 3.75. The van der Waals surface area contributed by atoms with Gasteiger partial charge in [-0.25, -0.2) is 9.29 Å². The number of halogens is 1. The summed E-state index contributed by atoms with van der Waals surface area (Å²) < 4.78 is 18.6. The summed E-state index contributed by atoms with van der Waals surface area (Å²) in [6.07, 6.45) is 0.0384. The van der Waals surface area contributed by atoms with Crippen LogP contribution in [0.15, 0.2) is 48.5 Å². The van der Waals surface area contributed by atoms with Crippen molar-refractivity contribution in [2.75, 3.05) is 16.8 Å². The van der Waals surface area contributed by atoms with Crippen molar-refractivity contribution in [3.63, 3.8) is 0 Å². The number of imide groups is 1. The number of hydrogen-bond donors (Lipinski definition) is 1. The van der Waals surface area contributed by atoms with Crippen molar-refractivity contribution in [3.05, 3.63) is 54.3 Å². The van der Waals surface area contributed by atoms with Crippen LogP contribution in [0.1, 0.15) is 13.3 Å². The first-order valence-electron chi connectivity index (χ1n) is 7.71. The van der Waals surface area contributed by atoms with E-state index in [4.69, 9.17) is 4.74 Å². The van der Waals surface area contributed by atoms with Gasteiger partial charge in [0, 0.05) is 0 Å². The smallest absolute Gasteiger partial charge is 0.256 e. The van der Waals surface area contributed by atoms with Crippen molar-refractivity contribution >= 4 is 23.2 Å². The lowest BCUT2D eigenvalue weighted by Crippen LogP contribution is -2.34. The van der Waals surface area contributed by atoms with Crippen molar-refractivity contribution in [2.45, 2.75) is 19.4 Å². The number of amides is 2. The van der Waals surface area contributed by atoms with Gasteiger partial charge in [-0.3, -0.25) is 9.59 Å². The molecule has 2 amide bonds. The normalized spacial score (nSPS) is 17.2. The molecule has 0 spiro atoms. The van der Waals surface area contributed by atoms with Gasteiger partial charge >= 0.3 is 0 Å². The Morgan fingerprint density at radius 1 is 1.17 bits per heavy atom. The highest BCUT2D eigenvalue weighted by Gasteiger charge is 2.39. The highest BCUT2D eigenvalue weighted by atomic mass is 19.1. The van der Waals surface area contributed by atoms with Gasteiger partial charge in [-0.15, -0.1) is 0 Å². The first kappa shape index (κ1) is 16.0. The molecule has 2 aromatic carbocycles. The molecule has 0 radical (unpaired) electrons. The molecule has 1 fully saturated rings. The predicted molar refractivity (Wildman–Crippen MR) is 88.5 cm³/mol. The molecular formula is C18H17FN2O3. The standard InChI is InChI=1S/C18H17FN2O3/c1-2-24-16-6-4-3-5-14(16)20-15-11-17(22)21(18(15)23)13-9-7-12(19)8-10-13/h3-10,15,20H,2,11H2,1H3/t15-/m0/s1. The highest BCUT2D eigenvalue weighted by molar-refractivity contribution is 6.23. The second kappa shape index (κ2) is 6.70. The summed E-state index contributed by atoms with van der Waals surface area (Å²) in [5, 5.41) is 3.07. The van der Waals surface area contributed by atoms with Gasteiger partial charge in [-0.05, 0) is 43.3 Å². The maximum Gasteiger partial charge on any atom is 0.256 e. The van der Waals surface area contributed by atoms with Crippen molar-refractivity contribution in [2.24, 2.45) is 0 Å². The van der Waals surface area contributed by atoms with Crippen LogP contribution in [-0.2, 0) is 9.59 Å². The molecule has 1 atom stereocenters. The van der Waals surface area contributed by atoms with Crippen LogP contribution in [0, 0.1) is 5.82 Å². The van der Waals surface area contributed by atoms with Crippen molar-refractivity contribution in [1.29, 1.82) is 0 Å². The Hall–Kier alpha value is -2.89. The number of benzene rings is 2. The van der Waals surface area contributed by atoms with Gasteiger partial charge in [0.2, 0.25) is 5.91 Å². The molecule has 3 rings (SSSR count). The molecule has 0 aliphatic carbocycles. The van der Waals surface area contributed by atoms with E-state index in [9.17, 15) is 14.0 Å². The number of anilines is 2. The fourth-order valence-electron chi connectivity index (χ4n) is 2.66. The molecule has 1 heterocycles. The first-order valence-corrected chi connectivity index (χ1v) is 7.71. The summed E-state index contributed by atoms with van der Waals surface area (Å²) in [6.45, 7) is 2.37. The largest absolute Gasteiger partial charge is 0.492 e. The Morgan fingerprint density at radius 3 is 2.58 bits per heavy atom. The summed E-state index contributed by atoms with van der Waals surface area (Å²) in [6, 6.07) is 11.9. The van der Waals surface area contributed by atoms with E-state index in [1.807, 2.05) is 19.1 Å². The summed E-state index contributed by atoms with van der Waals surface area (Å²) in [5.41, 5.74) is 1.03. The van der Waals surface area contributed by atoms with E-state index in [1.165, 1.54) is 24.3 Å². The van der Waals surface area contributed by atoms with Crippen molar-refractivity contribution < 1.29 is 18.7 Å². The number of carbonyl (C=O) groups excluding carboxylic acids is 2. The Balaban J connectivity index is 1.81. The third-order valence-electron chi connectivity index (χ3n) is 3.75. The molecule has 0 saturated carbocycles. The minimum absolute atomic E-state index is 0.0384. The minimum Gasteiger partial charge on any atom is -0.492 e. The van der Waals surface area contributed by atoms with Crippen LogP contribution in [0.25, 0.3) is 0 Å². The maximum absolute atomic E-state index is 13.0. The van der Waals surface area contributed by atoms with E-state index in [2.05, 4.69) is 5.32 Å². The number of ether oxygens (including phenoxy) is 1. The zero-order chi connectivity index (χ0) is 17.1. The highest BCUT2D eigenvalue weighted by Crippen LogP contribution is 2.29. The lowest BCUT2D eigenvalue weighted by Gasteiger charge is -2.17. The van der Waals surface area contributed by atoms with E-state index in [-0.39, 0.29) is 18.2 Å². The molecule has 24 heavy (non-hydrogen) atoms. The third kappa shape index (κ3) is 3.08. The van der Waals surface area contributed by atoms with Crippen molar-refractivity contribution in [1.82, 2.24) is 0 Å². The SMILES string of the molecule is CCOc1ccccc1N[C@H]1CC(=O)N(c2ccc(F)cc2)C1=O. The Bertz CT molecular complexity index is 761. The molecule has 0 aromatic heterocycles. The average Bonchev–Trinajstić information content (AvgIpc) is 2.85. The summed E-state index contributed by atoms with van der Waals surface area (Å²) in [5.74, 6) is -0.477. The van der Waals surface area contributed by atoms with Crippen LogP contribution in [-0.4, -0.2) is 24.5 Å². The minimum atomic E-state index is -0.677. The van der Waals surface area contributed by atoms with Crippen LogP contribution >= 0.6 is 0 Å². The lowest BCUT2D eigenvalue weighted by molar-refractivity contribution is -0.121. The van der Waals surface area contributed by atoms with Gasteiger partial charge in [0.15, 0.2) is 0 Å². The molecule has 6 heteroatoms. The second-order valence-corrected chi connectivity index (χ2v) is 5.37. The van der Waals surface area contributed by atoms with Gasteiger partial charge in [-0.2, -0.15) is 0 Å². The number of carbonyl (C=O) groups is 2. The summed E-state index contributed by atoms with van der Waals surface area (Å²) >= 11 is 0. The van der Waals surface area contributed by atoms with Crippen LogP contribution in [0.2, 0.25) is 0 Å². The Labute approximate surface area is 139 Å². The molecule has 1 saturated heterocycles. The second-order valence-electron chi connectivity index (χ2n) is 5.37. The Kier molecular flexibility index (Phi) is 4.46. The molecule has 0 bridgehead atoms. The van der Waals surface area contributed by atoms with E-state index >= 15 is 0 Å². The number of hydrogen-bond acceptors (Lipinski definition) is 4. The first-order chi connectivity index (χ1) is 11.6. The molecule has 124 valence electrons. The number of nitrogens with zero attached hydrogens (tertiary/aromatic N) is 1. The molecule has 1 aliphatic rings. The summed E-state index contributed by atoms with van der Waals surface area (Å²) in [4.78, 5) is 25.9. The van der Waals surface area contributed by atoms with E-state index in [1.54, 1.807) is 12.1 Å². The van der Waals surface area contributed by atoms with Crippen LogP contribution in [0.3, 0.4) is 0 Å². The fourth-order valence-corrected chi connectivity index (χ4v) is 2.66. The maximum atomic E-state index is 13.0. The number of rotatable bonds is 5. The topological polar surface area (TPSA) is 58.6 Å². The van der Waals surface area contributed by atoms with E-state index in [0.29, 0.717) is 23.7 Å². The fraction of sp³-hybridized carbons (Fsp3) is 0.222. The molecule has 0 unspecified atom stereocenters. The monoisotopic (exact) mass is 328 g/mol. The number of nitrogens with one attached hydrogen (secondary N) is 1. The van der Waals surface area contributed by atoms with Gasteiger partial charge in [0.1, 0.15) is 17.6 Å². The van der Waals surface area contributed by atoms with Gasteiger partial charge in [0.25, 0.3) is 5.91 Å². The lowest BCUT2D eigenvalue weighted by atomic mass is 10.2. The molecule has 1 aliphatic heterocycles. The van der Waals surface area contributed by atoms with E-state index in [0.717, 1.165) is 4.90 Å². The molecular weight excluding hydrogens is 311 g/mol. The van der Waals surface area contributed by atoms with Crippen LogP contribution < -0.4 is 15.0 Å². The van der Waals surface area contributed by atoms with Crippen LogP contribution in [0.5, 0.6) is 5.75 Å². The van der Waals surface area contributed by atoms with Gasteiger partial charge < -0.3 is 10.1 Å². The summed E-state index contributed by atoms with van der Waals surface area (Å²) in [7, 11) is 0. The van der Waals surface area contributed by atoms with Gasteiger partial charge in [0.05, 0.1) is 24.4 Å². The average molecular weight is 328 g/mol. The predicted octanol–water partition coefficient (Wildman–Crippen LogP) is 2.97. The molecule has 5 nitrogen and oxygen atoms in total. The molecule has 2 aromatic rings. The zero-order valence-corrected chi connectivity index (χ0v) is 13.2. The molecule has 1 N–H and O–H groups in total. The van der Waals surface area contributed by atoms with Crippen molar-refractivity contribution in [3.8, 4) is 5.75 Å². The zero-order valence-electron chi connectivity index (χ0n) is 13.2. The van der Waals surface area contributed by atoms with E-state index < -0.39 is 11.9 Å². The Morgan fingerprint density at radius 2 is 1.88 bits per heavy atom. The number of para-hydroxylation sites is 2. The quantitative estimate of drug-likeness (QED) is 0.857. The van der Waals surface area contributed by atoms with Crippen LogP contribution in [0.4, 0.5) is 15.8 Å². The van der Waals surface area contributed by atoms with Gasteiger partial charge in [-0.1, -0.05) is 12.1 Å².